The molecule has 594 valence electrons. The average molecular weight is 1470 g/mol. The van der Waals surface area contributed by atoms with Crippen molar-refractivity contribution in [3.05, 3.63) is 0 Å². The molecule has 17 nitrogen and oxygen atoms in total. The molecule has 0 aliphatic heterocycles. The molecule has 3 N–H and O–H groups in total. The predicted molar refractivity (Wildman–Crippen MR) is 409 cm³/mol. The molecule has 0 aromatic carbocycles. The number of aliphatic hydroxyl groups is 1. The molecular formula is C81H158O17P2. The highest BCUT2D eigenvalue weighted by atomic mass is 31.2. The summed E-state index contributed by atoms with van der Waals surface area (Å²) in [6, 6.07) is 0. The Hall–Kier alpha value is -1.94. The third kappa shape index (κ3) is 74.3. The standard InChI is InChI=1S/C81H158O17P2/c1-6-9-12-15-18-21-24-27-29-31-32-33-34-35-37-39-41-44-47-50-57-62-67-81(86)97-76(70-91-78(83)64-59-54-48-45-43-40-38-36-30-28-25-22-19-16-13-10-7-2)72-95-99(87,88)93-68-75(82)69-94-100(89,90)96-73-77(71-92-79(84)65-60-55-52-51-53-58-63-74(4)5)98-80(85)66-61-56-49-46-42-26-23-20-17-14-11-8-3/h74-77,82H,6-73H2,1-5H3,(H,87,88)(H,89,90)/t75-,76-,77-/m1/s1. The Morgan fingerprint density at radius 2 is 0.460 bits per heavy atom. The van der Waals surface area contributed by atoms with Gasteiger partial charge in [-0.15, -0.1) is 0 Å². The molecule has 0 bridgehead atoms. The van der Waals surface area contributed by atoms with Crippen molar-refractivity contribution < 1.29 is 80.2 Å². The van der Waals surface area contributed by atoms with Gasteiger partial charge in [-0.25, -0.2) is 9.13 Å². The summed E-state index contributed by atoms with van der Waals surface area (Å²) in [5.41, 5.74) is 0. The first-order valence-corrected chi connectivity index (χ1v) is 45.1. The fourth-order valence-electron chi connectivity index (χ4n) is 12.6. The van der Waals surface area contributed by atoms with Gasteiger partial charge in [-0.05, 0) is 31.6 Å². The van der Waals surface area contributed by atoms with E-state index in [4.69, 9.17) is 37.0 Å². The largest absolute Gasteiger partial charge is 0.472 e. The maximum Gasteiger partial charge on any atom is 0.472 e. The average Bonchev–Trinajstić information content (AvgIpc) is 0.971. The van der Waals surface area contributed by atoms with Crippen LogP contribution in [-0.4, -0.2) is 96.7 Å². The number of ether oxygens (including phenoxy) is 4. The first-order valence-electron chi connectivity index (χ1n) is 42.1. The molecule has 0 saturated carbocycles. The number of aliphatic hydroxyl groups excluding tert-OH is 1. The third-order valence-electron chi connectivity index (χ3n) is 19.0. The molecule has 0 rings (SSSR count). The highest BCUT2D eigenvalue weighted by molar-refractivity contribution is 7.47. The quantitative estimate of drug-likeness (QED) is 0.0222. The highest BCUT2D eigenvalue weighted by Crippen LogP contribution is 2.45. The fraction of sp³-hybridized carbons (Fsp3) is 0.951. The topological polar surface area (TPSA) is 237 Å². The molecule has 2 unspecified atom stereocenters. The lowest BCUT2D eigenvalue weighted by Crippen LogP contribution is -2.30. The van der Waals surface area contributed by atoms with Crippen molar-refractivity contribution in [1.29, 1.82) is 0 Å². The molecule has 0 fully saturated rings. The Morgan fingerprint density at radius 3 is 0.680 bits per heavy atom. The van der Waals surface area contributed by atoms with Crippen molar-refractivity contribution >= 4 is 39.5 Å². The summed E-state index contributed by atoms with van der Waals surface area (Å²) >= 11 is 0. The zero-order chi connectivity index (χ0) is 73.4. The molecule has 5 atom stereocenters. The zero-order valence-electron chi connectivity index (χ0n) is 65.3. The molecule has 0 aromatic rings. The minimum Gasteiger partial charge on any atom is -0.462 e. The van der Waals surface area contributed by atoms with Gasteiger partial charge in [0, 0.05) is 25.7 Å². The number of hydrogen-bond acceptors (Lipinski definition) is 15. The zero-order valence-corrected chi connectivity index (χ0v) is 67.1. The van der Waals surface area contributed by atoms with E-state index in [1.807, 2.05) is 0 Å². The van der Waals surface area contributed by atoms with E-state index >= 15 is 0 Å². The lowest BCUT2D eigenvalue weighted by molar-refractivity contribution is -0.161. The van der Waals surface area contributed by atoms with Crippen molar-refractivity contribution in [1.82, 2.24) is 0 Å². The fourth-order valence-corrected chi connectivity index (χ4v) is 14.2. The van der Waals surface area contributed by atoms with Gasteiger partial charge in [0.1, 0.15) is 19.3 Å². The number of carbonyl (C=O) groups is 4. The second-order valence-corrected chi connectivity index (χ2v) is 32.5. The number of phosphoric acid groups is 2. The summed E-state index contributed by atoms with van der Waals surface area (Å²) in [4.78, 5) is 72.9. The molecular weight excluding hydrogens is 1310 g/mol. The number of carbonyl (C=O) groups excluding carboxylic acids is 4. The smallest absolute Gasteiger partial charge is 0.462 e. The first-order chi connectivity index (χ1) is 48.5. The highest BCUT2D eigenvalue weighted by Gasteiger charge is 2.30. The summed E-state index contributed by atoms with van der Waals surface area (Å²) in [5, 5.41) is 10.6. The summed E-state index contributed by atoms with van der Waals surface area (Å²) in [6.45, 7) is 7.24. The van der Waals surface area contributed by atoms with Crippen LogP contribution < -0.4 is 0 Å². The molecule has 0 aromatic heterocycles. The van der Waals surface area contributed by atoms with E-state index in [9.17, 15) is 43.2 Å². The Labute approximate surface area is 613 Å². The molecule has 0 aliphatic carbocycles. The van der Waals surface area contributed by atoms with Crippen molar-refractivity contribution in [2.75, 3.05) is 39.6 Å². The normalized spacial score (nSPS) is 13.8. The van der Waals surface area contributed by atoms with Crippen molar-refractivity contribution in [3.8, 4) is 0 Å². The maximum atomic E-state index is 13.1. The first kappa shape index (κ1) is 98.1. The Bertz CT molecular complexity index is 1910. The summed E-state index contributed by atoms with van der Waals surface area (Å²) in [5.74, 6) is -1.43. The van der Waals surface area contributed by atoms with Gasteiger partial charge in [-0.3, -0.25) is 37.3 Å². The number of rotatable bonds is 81. The van der Waals surface area contributed by atoms with Crippen molar-refractivity contribution in [2.24, 2.45) is 5.92 Å². The summed E-state index contributed by atoms with van der Waals surface area (Å²) in [6.07, 6.45) is 65.5. The second kappa shape index (κ2) is 73.9. The van der Waals surface area contributed by atoms with Gasteiger partial charge < -0.3 is 33.8 Å². The van der Waals surface area contributed by atoms with E-state index in [-0.39, 0.29) is 25.7 Å². The lowest BCUT2D eigenvalue weighted by Gasteiger charge is -2.21. The van der Waals surface area contributed by atoms with E-state index in [1.165, 1.54) is 250 Å². The van der Waals surface area contributed by atoms with Crippen LogP contribution in [0.25, 0.3) is 0 Å². The number of esters is 4. The second-order valence-electron chi connectivity index (χ2n) is 29.6. The van der Waals surface area contributed by atoms with Gasteiger partial charge in [-0.2, -0.15) is 0 Å². The minimum absolute atomic E-state index is 0.107. The van der Waals surface area contributed by atoms with Gasteiger partial charge in [-0.1, -0.05) is 381 Å². The van der Waals surface area contributed by atoms with Crippen LogP contribution in [0.2, 0.25) is 0 Å². The van der Waals surface area contributed by atoms with Crippen LogP contribution in [0.4, 0.5) is 0 Å². The number of hydrogen-bond donors (Lipinski definition) is 3. The summed E-state index contributed by atoms with van der Waals surface area (Å²) < 4.78 is 68.6. The van der Waals surface area contributed by atoms with Crippen LogP contribution in [0.1, 0.15) is 433 Å². The summed E-state index contributed by atoms with van der Waals surface area (Å²) in [7, 11) is -9.91. The molecule has 0 saturated heterocycles. The van der Waals surface area contributed by atoms with E-state index in [1.54, 1.807) is 0 Å². The van der Waals surface area contributed by atoms with Crippen LogP contribution in [0, 0.1) is 5.92 Å². The van der Waals surface area contributed by atoms with Crippen LogP contribution in [0.5, 0.6) is 0 Å². The van der Waals surface area contributed by atoms with E-state index in [0.717, 1.165) is 96.3 Å². The monoisotopic (exact) mass is 1470 g/mol. The Balaban J connectivity index is 5.19. The van der Waals surface area contributed by atoms with Crippen LogP contribution in [-0.2, 0) is 65.4 Å². The molecule has 0 heterocycles. The number of phosphoric ester groups is 2. The molecule has 100 heavy (non-hydrogen) atoms. The molecule has 0 aliphatic rings. The van der Waals surface area contributed by atoms with E-state index < -0.39 is 97.5 Å². The van der Waals surface area contributed by atoms with Gasteiger partial charge in [0.15, 0.2) is 12.2 Å². The van der Waals surface area contributed by atoms with Crippen LogP contribution in [0.3, 0.4) is 0 Å². The minimum atomic E-state index is -4.96. The molecule has 0 spiro atoms. The SMILES string of the molecule is CCCCCCCCCCCCCCCCCCCCCCCCC(=O)O[C@H](COC(=O)CCCCCCCCCCCCCCCCCCC)COP(=O)(O)OC[C@@H](O)COP(=O)(O)OC[C@@H](COC(=O)CCCCCCCCC(C)C)OC(=O)CCCCCCCCCCCCCC. The van der Waals surface area contributed by atoms with Gasteiger partial charge in [0.05, 0.1) is 26.4 Å². The van der Waals surface area contributed by atoms with Gasteiger partial charge in [0.25, 0.3) is 0 Å². The van der Waals surface area contributed by atoms with E-state index in [2.05, 4.69) is 34.6 Å². The maximum absolute atomic E-state index is 13.1. The van der Waals surface area contributed by atoms with E-state index in [0.29, 0.717) is 31.6 Å². The van der Waals surface area contributed by atoms with Crippen LogP contribution in [0.15, 0.2) is 0 Å². The predicted octanol–water partition coefficient (Wildman–Crippen LogP) is 24.4. The molecule has 0 amide bonds. The molecule has 0 radical (unpaired) electrons. The molecule has 19 heteroatoms. The third-order valence-corrected chi connectivity index (χ3v) is 20.9. The van der Waals surface area contributed by atoms with Gasteiger partial charge in [0.2, 0.25) is 0 Å². The lowest BCUT2D eigenvalue weighted by atomic mass is 10.0. The number of unbranched alkanes of at least 4 members (excludes halogenated alkanes) is 53. The van der Waals surface area contributed by atoms with Gasteiger partial charge >= 0.3 is 39.5 Å². The van der Waals surface area contributed by atoms with Crippen molar-refractivity contribution in [2.45, 2.75) is 451 Å². The Kier molecular flexibility index (Phi) is 72.5. The Morgan fingerprint density at radius 1 is 0.270 bits per heavy atom. The van der Waals surface area contributed by atoms with Crippen LogP contribution >= 0.6 is 15.6 Å². The van der Waals surface area contributed by atoms with Crippen molar-refractivity contribution in [3.63, 3.8) is 0 Å².